The van der Waals surface area contributed by atoms with E-state index in [0.717, 1.165) is 0 Å². The maximum atomic E-state index is 4.23. The summed E-state index contributed by atoms with van der Waals surface area (Å²) < 4.78 is 0. The van der Waals surface area contributed by atoms with E-state index in [2.05, 4.69) is 26.5 Å². The third-order valence-electron chi connectivity index (χ3n) is 0.975. The molecular weight excluding hydrogens is 128 g/mol. The van der Waals surface area contributed by atoms with Gasteiger partial charge in [0.1, 0.15) is 0 Å². The van der Waals surface area contributed by atoms with Crippen molar-refractivity contribution in [3.63, 3.8) is 0 Å². The molecule has 0 rings (SSSR count). The first-order valence-corrected chi connectivity index (χ1v) is 4.47. The fraction of sp³-hybridized carbons (Fsp3) is 1.00. The summed E-state index contributed by atoms with van der Waals surface area (Å²) in [5.74, 6) is 0. The molecule has 0 saturated carbocycles. The van der Waals surface area contributed by atoms with Crippen LogP contribution in [0.15, 0.2) is 0 Å². The normalized spacial score (nSPS) is 11.7. The van der Waals surface area contributed by atoms with Gasteiger partial charge in [0.2, 0.25) is 0 Å². The predicted molar refractivity (Wildman–Crippen MR) is 49.3 cm³/mol. The van der Waals surface area contributed by atoms with Crippen LogP contribution in [0.1, 0.15) is 47.0 Å². The quantitative estimate of drug-likeness (QED) is 0.582. The number of unbranched alkanes of at least 4 members (excludes halogenated alkanes) is 1. The van der Waals surface area contributed by atoms with Crippen LogP contribution in [0.5, 0.6) is 0 Å². The van der Waals surface area contributed by atoms with Crippen LogP contribution in [0.4, 0.5) is 0 Å². The first kappa shape index (κ1) is 12.1. The van der Waals surface area contributed by atoms with Crippen molar-refractivity contribution in [2.75, 3.05) is 0 Å². The van der Waals surface area contributed by atoms with Crippen LogP contribution >= 0.6 is 12.6 Å². The monoisotopic (exact) mass is 148 g/mol. The Morgan fingerprint density at radius 2 is 1.78 bits per heavy atom. The van der Waals surface area contributed by atoms with Crippen LogP contribution in [0, 0.1) is 0 Å². The first-order chi connectivity index (χ1) is 4.27. The van der Waals surface area contributed by atoms with Gasteiger partial charge in [-0.1, -0.05) is 40.5 Å². The zero-order valence-electron chi connectivity index (χ0n) is 7.15. The molecule has 0 aromatic rings. The van der Waals surface area contributed by atoms with Crippen LogP contribution in [-0.4, -0.2) is 5.25 Å². The smallest absolute Gasteiger partial charge is 0.00116 e. The molecule has 0 aromatic carbocycles. The molecule has 0 nitrogen and oxygen atoms in total. The van der Waals surface area contributed by atoms with E-state index in [1.165, 1.54) is 19.3 Å². The number of hydrogen-bond acceptors (Lipinski definition) is 1. The van der Waals surface area contributed by atoms with Crippen LogP contribution in [0.25, 0.3) is 0 Å². The molecule has 0 amide bonds. The Bertz CT molecular complexity index is 33.5. The summed E-state index contributed by atoms with van der Waals surface area (Å²) in [6.45, 7) is 8.34. The maximum absolute atomic E-state index is 4.23. The van der Waals surface area contributed by atoms with E-state index in [4.69, 9.17) is 0 Å². The highest BCUT2D eigenvalue weighted by Crippen LogP contribution is 2.03. The van der Waals surface area contributed by atoms with E-state index < -0.39 is 0 Å². The van der Waals surface area contributed by atoms with Gasteiger partial charge in [-0.3, -0.25) is 0 Å². The van der Waals surface area contributed by atoms with Crippen molar-refractivity contribution in [1.29, 1.82) is 0 Å². The molecule has 0 spiro atoms. The summed E-state index contributed by atoms with van der Waals surface area (Å²) in [4.78, 5) is 0. The highest BCUT2D eigenvalue weighted by atomic mass is 32.1. The lowest BCUT2D eigenvalue weighted by atomic mass is 10.2. The molecule has 0 fully saturated rings. The van der Waals surface area contributed by atoms with Gasteiger partial charge >= 0.3 is 0 Å². The van der Waals surface area contributed by atoms with Crippen molar-refractivity contribution in [3.05, 3.63) is 0 Å². The Morgan fingerprint density at radius 1 is 1.33 bits per heavy atom. The molecule has 1 heteroatoms. The molecule has 0 aliphatic rings. The summed E-state index contributed by atoms with van der Waals surface area (Å²) >= 11 is 4.23. The molecule has 0 aromatic heterocycles. The number of rotatable bonds is 3. The third-order valence-corrected chi connectivity index (χ3v) is 1.23. The minimum atomic E-state index is 0.597. The molecule has 0 aliphatic heterocycles. The Balaban J connectivity index is 0. The van der Waals surface area contributed by atoms with Crippen molar-refractivity contribution < 1.29 is 0 Å². The third kappa shape index (κ3) is 17.8. The van der Waals surface area contributed by atoms with E-state index in [-0.39, 0.29) is 0 Å². The van der Waals surface area contributed by atoms with Crippen LogP contribution in [0.3, 0.4) is 0 Å². The highest BCUT2D eigenvalue weighted by molar-refractivity contribution is 7.80. The van der Waals surface area contributed by atoms with E-state index in [1.807, 2.05) is 13.8 Å². The van der Waals surface area contributed by atoms with Gasteiger partial charge in [0, 0.05) is 0 Å². The van der Waals surface area contributed by atoms with Gasteiger partial charge in [-0.25, -0.2) is 0 Å². The summed E-state index contributed by atoms with van der Waals surface area (Å²) in [6, 6.07) is 0. The molecule has 0 aliphatic carbocycles. The predicted octanol–water partition coefficient (Wildman–Crippen LogP) is 3.52. The number of hydrogen-bond donors (Lipinski definition) is 1. The van der Waals surface area contributed by atoms with Crippen LogP contribution in [-0.2, 0) is 0 Å². The minimum Gasteiger partial charge on any atom is -0.176 e. The Morgan fingerprint density at radius 3 is 1.89 bits per heavy atom. The van der Waals surface area contributed by atoms with Crippen molar-refractivity contribution in [2.45, 2.75) is 52.2 Å². The second-order valence-corrected chi connectivity index (χ2v) is 2.87. The molecule has 0 N–H and O–H groups in total. The van der Waals surface area contributed by atoms with Gasteiger partial charge in [0.15, 0.2) is 0 Å². The second-order valence-electron chi connectivity index (χ2n) is 1.99. The Kier molecular flexibility index (Phi) is 15.0. The molecule has 1 atom stereocenters. The molecular formula is C8H20S. The Labute approximate surface area is 65.5 Å². The van der Waals surface area contributed by atoms with Gasteiger partial charge < -0.3 is 0 Å². The lowest BCUT2D eigenvalue weighted by molar-refractivity contribution is 0.716. The molecule has 0 bridgehead atoms. The minimum absolute atomic E-state index is 0.597. The zero-order chi connectivity index (χ0) is 7.70. The average Bonchev–Trinajstić information content (AvgIpc) is 1.88. The van der Waals surface area contributed by atoms with Crippen LogP contribution in [0.2, 0.25) is 0 Å². The summed E-state index contributed by atoms with van der Waals surface area (Å²) in [6.07, 6.45) is 3.88. The summed E-state index contributed by atoms with van der Waals surface area (Å²) in [7, 11) is 0. The van der Waals surface area contributed by atoms with E-state index >= 15 is 0 Å². The van der Waals surface area contributed by atoms with E-state index in [9.17, 15) is 0 Å². The first-order valence-electron chi connectivity index (χ1n) is 3.95. The SMILES string of the molecule is CC.CCCCC(C)S. The van der Waals surface area contributed by atoms with Crippen molar-refractivity contribution in [2.24, 2.45) is 0 Å². The molecule has 9 heavy (non-hydrogen) atoms. The number of thiol groups is 1. The maximum Gasteiger partial charge on any atom is -0.00116 e. The van der Waals surface area contributed by atoms with Crippen molar-refractivity contribution in [1.82, 2.24) is 0 Å². The summed E-state index contributed by atoms with van der Waals surface area (Å²) in [5, 5.41) is 0.597. The second kappa shape index (κ2) is 11.2. The molecule has 0 heterocycles. The lowest BCUT2D eigenvalue weighted by Crippen LogP contribution is -1.87. The van der Waals surface area contributed by atoms with Crippen molar-refractivity contribution in [3.8, 4) is 0 Å². The van der Waals surface area contributed by atoms with Crippen LogP contribution < -0.4 is 0 Å². The fourth-order valence-electron chi connectivity index (χ4n) is 0.500. The van der Waals surface area contributed by atoms with Gasteiger partial charge in [0.25, 0.3) is 0 Å². The largest absolute Gasteiger partial charge is 0.176 e. The summed E-state index contributed by atoms with van der Waals surface area (Å²) in [5.41, 5.74) is 0. The molecule has 0 saturated heterocycles. The standard InChI is InChI=1S/C6H14S.C2H6/c1-3-4-5-6(2)7;1-2/h6-7H,3-5H2,1-2H3;1-2H3. The fourth-order valence-corrected chi connectivity index (χ4v) is 0.682. The topological polar surface area (TPSA) is 0 Å². The van der Waals surface area contributed by atoms with Gasteiger partial charge in [-0.05, 0) is 11.7 Å². The highest BCUT2D eigenvalue weighted by Gasteiger charge is 1.89. The van der Waals surface area contributed by atoms with E-state index in [0.29, 0.717) is 5.25 Å². The zero-order valence-corrected chi connectivity index (χ0v) is 8.04. The van der Waals surface area contributed by atoms with E-state index in [1.54, 1.807) is 0 Å². The lowest BCUT2D eigenvalue weighted by Gasteiger charge is -1.98. The average molecular weight is 148 g/mol. The molecule has 58 valence electrons. The molecule has 0 radical (unpaired) electrons. The Hall–Kier alpha value is 0.350. The van der Waals surface area contributed by atoms with Gasteiger partial charge in [0.05, 0.1) is 0 Å². The van der Waals surface area contributed by atoms with Gasteiger partial charge in [-0.2, -0.15) is 12.6 Å². The van der Waals surface area contributed by atoms with Gasteiger partial charge in [-0.15, -0.1) is 0 Å². The van der Waals surface area contributed by atoms with Crippen molar-refractivity contribution >= 4 is 12.6 Å². The molecule has 1 unspecified atom stereocenters.